The highest BCUT2D eigenvalue weighted by Crippen LogP contribution is 2.13. The van der Waals surface area contributed by atoms with Crippen LogP contribution in [0.2, 0.25) is 0 Å². The van der Waals surface area contributed by atoms with Crippen LogP contribution in [-0.4, -0.2) is 37.2 Å². The van der Waals surface area contributed by atoms with Crippen molar-refractivity contribution in [1.82, 2.24) is 0 Å². The van der Waals surface area contributed by atoms with Crippen molar-refractivity contribution in [1.29, 1.82) is 0 Å². The molecule has 0 aromatic rings. The molecule has 47 heavy (non-hydrogen) atoms. The monoisotopic (exact) mass is 663 g/mol. The molecule has 0 N–H and O–H groups in total. The van der Waals surface area contributed by atoms with Gasteiger partial charge in [0.1, 0.15) is 13.2 Å². The van der Waals surface area contributed by atoms with Crippen molar-refractivity contribution < 1.29 is 28.6 Å². The second kappa shape index (κ2) is 36.7. The largest absolute Gasteiger partial charge is 0.462 e. The van der Waals surface area contributed by atoms with Crippen LogP contribution in [0.1, 0.15) is 201 Å². The van der Waals surface area contributed by atoms with Gasteiger partial charge in [-0.2, -0.15) is 0 Å². The van der Waals surface area contributed by atoms with Gasteiger partial charge in [-0.05, 0) is 51.4 Å². The lowest BCUT2D eigenvalue weighted by Gasteiger charge is -2.18. The van der Waals surface area contributed by atoms with Gasteiger partial charge in [0.2, 0.25) is 0 Å². The van der Waals surface area contributed by atoms with Crippen molar-refractivity contribution >= 4 is 17.9 Å². The number of hydrogen-bond donors (Lipinski definition) is 0. The molecule has 0 amide bonds. The minimum atomic E-state index is -0.762. The Bertz CT molecular complexity index is 774. The number of carbonyl (C=O) groups excluding carboxylic acids is 3. The second-order valence-electron chi connectivity index (χ2n) is 13.2. The summed E-state index contributed by atoms with van der Waals surface area (Å²) in [6, 6.07) is 0. The van der Waals surface area contributed by atoms with Crippen LogP contribution in [0, 0.1) is 0 Å². The highest BCUT2D eigenvalue weighted by Gasteiger charge is 2.19. The van der Waals surface area contributed by atoms with Crippen molar-refractivity contribution in [3.8, 4) is 0 Å². The first-order valence-electron chi connectivity index (χ1n) is 19.8. The van der Waals surface area contributed by atoms with Gasteiger partial charge >= 0.3 is 17.9 Å². The van der Waals surface area contributed by atoms with Crippen LogP contribution in [0.3, 0.4) is 0 Å². The van der Waals surface area contributed by atoms with E-state index in [1.54, 1.807) is 0 Å². The molecule has 0 bridgehead atoms. The Morgan fingerprint density at radius 1 is 0.426 bits per heavy atom. The standard InChI is InChI=1S/C41H74O6/c1-4-7-10-13-15-16-17-18-19-20-21-22-23-24-26-28-31-34-40(43)46-37-38(36-45-39(42)33-30-27-12-9-6-3)47-41(44)35-32-29-25-14-11-8-5-2/h15-16,18-19,38H,4-14,17,20-37H2,1-3H3/b16-15-,19-18-. The van der Waals surface area contributed by atoms with E-state index >= 15 is 0 Å². The number of unbranched alkanes of at least 4 members (excludes halogenated alkanes) is 20. The minimum absolute atomic E-state index is 0.0736. The highest BCUT2D eigenvalue weighted by molar-refractivity contribution is 5.71. The molecule has 0 saturated carbocycles. The van der Waals surface area contributed by atoms with Crippen LogP contribution in [0.5, 0.6) is 0 Å². The predicted octanol–water partition coefficient (Wildman–Crippen LogP) is 12.1. The summed E-state index contributed by atoms with van der Waals surface area (Å²) in [5.74, 6) is -0.905. The van der Waals surface area contributed by atoms with Gasteiger partial charge < -0.3 is 14.2 Å². The second-order valence-corrected chi connectivity index (χ2v) is 13.2. The van der Waals surface area contributed by atoms with E-state index in [1.807, 2.05) is 0 Å². The molecule has 0 heterocycles. The molecule has 0 aliphatic heterocycles. The summed E-state index contributed by atoms with van der Waals surface area (Å²) in [5, 5.41) is 0. The maximum absolute atomic E-state index is 12.5. The van der Waals surface area contributed by atoms with Crippen LogP contribution in [-0.2, 0) is 28.6 Å². The number of esters is 3. The predicted molar refractivity (Wildman–Crippen MR) is 196 cm³/mol. The zero-order valence-corrected chi connectivity index (χ0v) is 31.0. The molecule has 0 fully saturated rings. The molecule has 0 saturated heterocycles. The first-order chi connectivity index (χ1) is 23.0. The topological polar surface area (TPSA) is 78.9 Å². The lowest BCUT2D eigenvalue weighted by atomic mass is 10.1. The highest BCUT2D eigenvalue weighted by atomic mass is 16.6. The van der Waals surface area contributed by atoms with Gasteiger partial charge in [0.25, 0.3) is 0 Å². The zero-order valence-electron chi connectivity index (χ0n) is 31.0. The summed E-state index contributed by atoms with van der Waals surface area (Å²) < 4.78 is 16.5. The Labute approximate surface area is 290 Å². The summed E-state index contributed by atoms with van der Waals surface area (Å²) in [5.41, 5.74) is 0. The Hall–Kier alpha value is -2.11. The van der Waals surface area contributed by atoms with Crippen LogP contribution in [0.25, 0.3) is 0 Å². The zero-order chi connectivity index (χ0) is 34.5. The van der Waals surface area contributed by atoms with E-state index < -0.39 is 6.10 Å². The molecule has 0 radical (unpaired) electrons. The van der Waals surface area contributed by atoms with Gasteiger partial charge in [-0.3, -0.25) is 14.4 Å². The molecule has 0 aromatic heterocycles. The van der Waals surface area contributed by atoms with Crippen LogP contribution in [0.4, 0.5) is 0 Å². The number of carbonyl (C=O) groups is 3. The Kier molecular flexibility index (Phi) is 35.1. The fraction of sp³-hybridized carbons (Fsp3) is 0.829. The third-order valence-corrected chi connectivity index (χ3v) is 8.46. The molecule has 0 rings (SSSR count). The SMILES string of the molecule is CCCCC/C=C\C/C=C\CCCCCCCCCC(=O)OCC(COC(=O)CCCCCCC)OC(=O)CCCCCCCCC. The summed E-state index contributed by atoms with van der Waals surface area (Å²) in [6.45, 7) is 6.46. The maximum Gasteiger partial charge on any atom is 0.306 e. The van der Waals surface area contributed by atoms with Crippen molar-refractivity contribution in [3.63, 3.8) is 0 Å². The van der Waals surface area contributed by atoms with Gasteiger partial charge in [0.05, 0.1) is 0 Å². The molecule has 1 unspecified atom stereocenters. The van der Waals surface area contributed by atoms with Crippen LogP contribution >= 0.6 is 0 Å². The summed E-state index contributed by atoms with van der Waals surface area (Å²) >= 11 is 0. The van der Waals surface area contributed by atoms with E-state index in [4.69, 9.17) is 14.2 Å². The number of ether oxygens (including phenoxy) is 3. The van der Waals surface area contributed by atoms with Crippen molar-refractivity contribution in [2.45, 2.75) is 207 Å². The molecular formula is C41H74O6. The van der Waals surface area contributed by atoms with E-state index in [2.05, 4.69) is 45.1 Å². The number of hydrogen-bond acceptors (Lipinski definition) is 6. The van der Waals surface area contributed by atoms with Gasteiger partial charge in [0.15, 0.2) is 6.10 Å². The summed E-state index contributed by atoms with van der Waals surface area (Å²) in [6.07, 6.45) is 37.7. The molecule has 0 aromatic carbocycles. The fourth-order valence-electron chi connectivity index (χ4n) is 5.41. The van der Waals surface area contributed by atoms with Crippen molar-refractivity contribution in [2.24, 2.45) is 0 Å². The van der Waals surface area contributed by atoms with Gasteiger partial charge in [-0.25, -0.2) is 0 Å². The van der Waals surface area contributed by atoms with Crippen LogP contribution < -0.4 is 0 Å². The molecule has 0 spiro atoms. The Morgan fingerprint density at radius 2 is 0.766 bits per heavy atom. The number of rotatable bonds is 35. The van der Waals surface area contributed by atoms with E-state index in [0.717, 1.165) is 77.0 Å². The Balaban J connectivity index is 4.17. The molecule has 274 valence electrons. The van der Waals surface area contributed by atoms with E-state index in [0.29, 0.717) is 19.3 Å². The molecular weight excluding hydrogens is 588 g/mol. The fourth-order valence-corrected chi connectivity index (χ4v) is 5.41. The van der Waals surface area contributed by atoms with Crippen LogP contribution in [0.15, 0.2) is 24.3 Å². The van der Waals surface area contributed by atoms with E-state index in [-0.39, 0.29) is 31.1 Å². The van der Waals surface area contributed by atoms with Gasteiger partial charge in [0, 0.05) is 19.3 Å². The molecule has 6 heteroatoms. The van der Waals surface area contributed by atoms with Crippen molar-refractivity contribution in [2.75, 3.05) is 13.2 Å². The average molecular weight is 663 g/mol. The lowest BCUT2D eigenvalue weighted by molar-refractivity contribution is -0.167. The summed E-state index contributed by atoms with van der Waals surface area (Å²) in [4.78, 5) is 37.1. The van der Waals surface area contributed by atoms with Gasteiger partial charge in [-0.1, -0.05) is 154 Å². The molecule has 6 nitrogen and oxygen atoms in total. The minimum Gasteiger partial charge on any atom is -0.462 e. The number of allylic oxidation sites excluding steroid dienone is 4. The van der Waals surface area contributed by atoms with E-state index in [9.17, 15) is 14.4 Å². The first-order valence-corrected chi connectivity index (χ1v) is 19.8. The lowest BCUT2D eigenvalue weighted by Crippen LogP contribution is -2.30. The molecule has 1 atom stereocenters. The third-order valence-electron chi connectivity index (χ3n) is 8.46. The first kappa shape index (κ1) is 44.9. The van der Waals surface area contributed by atoms with E-state index in [1.165, 1.54) is 83.5 Å². The quantitative estimate of drug-likeness (QED) is 0.0291. The third kappa shape index (κ3) is 35.0. The normalized spacial score (nSPS) is 12.1. The smallest absolute Gasteiger partial charge is 0.306 e. The maximum atomic E-state index is 12.5. The summed E-state index contributed by atoms with van der Waals surface area (Å²) in [7, 11) is 0. The molecule has 0 aliphatic carbocycles. The average Bonchev–Trinajstić information content (AvgIpc) is 3.06. The Morgan fingerprint density at radius 3 is 1.21 bits per heavy atom. The van der Waals surface area contributed by atoms with Gasteiger partial charge in [-0.15, -0.1) is 0 Å². The molecule has 0 aliphatic rings. The van der Waals surface area contributed by atoms with Crippen molar-refractivity contribution in [3.05, 3.63) is 24.3 Å².